The summed E-state index contributed by atoms with van der Waals surface area (Å²) in [6, 6.07) is 7.21. The summed E-state index contributed by atoms with van der Waals surface area (Å²) in [5, 5.41) is 6.79. The molecule has 0 fully saturated rings. The number of benzene rings is 1. The molecule has 2 aromatic rings. The molecule has 0 spiro atoms. The van der Waals surface area contributed by atoms with Gasteiger partial charge in [-0.3, -0.25) is 5.10 Å². The summed E-state index contributed by atoms with van der Waals surface area (Å²) in [6.45, 7) is 4.37. The quantitative estimate of drug-likeness (QED) is 0.796. The number of hydrogen-bond acceptors (Lipinski definition) is 4. The minimum Gasteiger partial charge on any atom is -0.492 e. The lowest BCUT2D eigenvalue weighted by molar-refractivity contribution is 0.340. The Balaban J connectivity index is 2.23. The van der Waals surface area contributed by atoms with Gasteiger partial charge in [0.2, 0.25) is 5.88 Å². The number of rotatable bonds is 4. The van der Waals surface area contributed by atoms with Crippen LogP contribution in [-0.2, 0) is 0 Å². The number of ether oxygens (including phenoxy) is 2. The number of nitrogens with one attached hydrogen (secondary N) is 1. The molecule has 0 saturated heterocycles. The molecule has 0 amide bonds. The lowest BCUT2D eigenvalue weighted by Crippen LogP contribution is -1.99. The number of anilines is 1. The van der Waals surface area contributed by atoms with Crippen molar-refractivity contribution in [2.24, 2.45) is 0 Å². The Morgan fingerprint density at radius 2 is 2.12 bits per heavy atom. The predicted octanol–water partition coefficient (Wildman–Crippen LogP) is 2.49. The molecule has 5 heteroatoms. The van der Waals surface area contributed by atoms with Gasteiger partial charge in [0.05, 0.1) is 6.61 Å². The van der Waals surface area contributed by atoms with E-state index in [1.165, 1.54) is 0 Å². The summed E-state index contributed by atoms with van der Waals surface area (Å²) >= 11 is 0. The molecule has 1 aromatic heterocycles. The summed E-state index contributed by atoms with van der Waals surface area (Å²) in [7, 11) is 0. The van der Waals surface area contributed by atoms with Gasteiger partial charge >= 0.3 is 0 Å². The molecule has 0 atom stereocenters. The average molecular weight is 233 g/mol. The number of nitrogens with zero attached hydrogens (tertiary/aromatic N) is 1. The molecule has 0 aliphatic carbocycles. The molecule has 0 bridgehead atoms. The van der Waals surface area contributed by atoms with E-state index in [1.54, 1.807) is 12.1 Å². The van der Waals surface area contributed by atoms with Crippen molar-refractivity contribution in [3.63, 3.8) is 0 Å². The summed E-state index contributed by atoms with van der Waals surface area (Å²) in [6.07, 6.45) is 0. The van der Waals surface area contributed by atoms with Crippen LogP contribution in [0, 0.1) is 6.92 Å². The van der Waals surface area contributed by atoms with E-state index in [2.05, 4.69) is 10.2 Å². The highest BCUT2D eigenvalue weighted by atomic mass is 16.5. The van der Waals surface area contributed by atoms with Crippen molar-refractivity contribution in [2.45, 2.75) is 13.8 Å². The molecule has 0 aliphatic rings. The maximum Gasteiger partial charge on any atom is 0.238 e. The first-order valence-electron chi connectivity index (χ1n) is 5.42. The van der Waals surface area contributed by atoms with Crippen molar-refractivity contribution >= 4 is 5.69 Å². The van der Waals surface area contributed by atoms with E-state index in [0.29, 0.717) is 29.7 Å². The third kappa shape index (κ3) is 2.50. The summed E-state index contributed by atoms with van der Waals surface area (Å²) in [5.74, 6) is 1.66. The minimum atomic E-state index is 0.481. The summed E-state index contributed by atoms with van der Waals surface area (Å²) in [5.41, 5.74) is 7.35. The molecule has 1 aromatic carbocycles. The van der Waals surface area contributed by atoms with Crippen molar-refractivity contribution in [3.05, 3.63) is 30.0 Å². The van der Waals surface area contributed by atoms with E-state index >= 15 is 0 Å². The third-order valence-electron chi connectivity index (χ3n) is 2.22. The van der Waals surface area contributed by atoms with E-state index in [9.17, 15) is 0 Å². The van der Waals surface area contributed by atoms with Crippen LogP contribution in [0.25, 0.3) is 0 Å². The van der Waals surface area contributed by atoms with Gasteiger partial charge in [0.25, 0.3) is 0 Å². The van der Waals surface area contributed by atoms with E-state index in [1.807, 2.05) is 26.0 Å². The highest BCUT2D eigenvalue weighted by Gasteiger charge is 2.09. The van der Waals surface area contributed by atoms with Gasteiger partial charge in [0, 0.05) is 11.8 Å². The smallest absolute Gasteiger partial charge is 0.238 e. The zero-order valence-corrected chi connectivity index (χ0v) is 9.86. The zero-order valence-electron chi connectivity index (χ0n) is 9.86. The van der Waals surface area contributed by atoms with Gasteiger partial charge in [-0.25, -0.2) is 0 Å². The van der Waals surface area contributed by atoms with Crippen LogP contribution >= 0.6 is 0 Å². The summed E-state index contributed by atoms with van der Waals surface area (Å²) in [4.78, 5) is 0. The largest absolute Gasteiger partial charge is 0.492 e. The van der Waals surface area contributed by atoms with Crippen LogP contribution in [0.1, 0.15) is 12.6 Å². The van der Waals surface area contributed by atoms with Gasteiger partial charge in [0.15, 0.2) is 5.75 Å². The molecule has 5 nitrogen and oxygen atoms in total. The minimum absolute atomic E-state index is 0.481. The molecule has 1 heterocycles. The molecule has 0 radical (unpaired) electrons. The van der Waals surface area contributed by atoms with Gasteiger partial charge in [-0.05, 0) is 26.0 Å². The first-order chi connectivity index (χ1) is 8.20. The van der Waals surface area contributed by atoms with Crippen LogP contribution in [0.15, 0.2) is 24.3 Å². The molecular weight excluding hydrogens is 218 g/mol. The Labute approximate surface area is 99.5 Å². The molecule has 90 valence electrons. The fourth-order valence-electron chi connectivity index (χ4n) is 1.45. The topological polar surface area (TPSA) is 73.2 Å². The van der Waals surface area contributed by atoms with E-state index < -0.39 is 0 Å². The normalized spacial score (nSPS) is 10.2. The SMILES string of the molecule is CCOc1cccc(Oc2cc(C)[nH]n2)c1N. The third-order valence-corrected chi connectivity index (χ3v) is 2.22. The van der Waals surface area contributed by atoms with Crippen LogP contribution in [0.3, 0.4) is 0 Å². The molecule has 0 aliphatic heterocycles. The fraction of sp³-hybridized carbons (Fsp3) is 0.250. The van der Waals surface area contributed by atoms with Crippen LogP contribution in [0.5, 0.6) is 17.4 Å². The van der Waals surface area contributed by atoms with Crippen LogP contribution in [0.4, 0.5) is 5.69 Å². The Bertz CT molecular complexity index is 508. The number of nitrogens with two attached hydrogens (primary N) is 1. The van der Waals surface area contributed by atoms with Gasteiger partial charge in [-0.15, -0.1) is 5.10 Å². The second-order valence-corrected chi connectivity index (χ2v) is 3.59. The van der Waals surface area contributed by atoms with Crippen molar-refractivity contribution in [1.29, 1.82) is 0 Å². The zero-order chi connectivity index (χ0) is 12.3. The second-order valence-electron chi connectivity index (χ2n) is 3.59. The van der Waals surface area contributed by atoms with Crippen molar-refractivity contribution in [3.8, 4) is 17.4 Å². The fourth-order valence-corrected chi connectivity index (χ4v) is 1.45. The first-order valence-corrected chi connectivity index (χ1v) is 5.42. The van der Waals surface area contributed by atoms with E-state index in [4.69, 9.17) is 15.2 Å². The number of nitrogen functional groups attached to an aromatic ring is 1. The Hall–Kier alpha value is -2.17. The number of aromatic amines is 1. The van der Waals surface area contributed by atoms with Gasteiger partial charge in [0.1, 0.15) is 11.4 Å². The number of hydrogen-bond donors (Lipinski definition) is 2. The standard InChI is InChI=1S/C12H15N3O2/c1-3-16-9-5-4-6-10(12(9)13)17-11-7-8(2)14-15-11/h4-7H,3,13H2,1-2H3,(H,14,15). The van der Waals surface area contributed by atoms with Gasteiger partial charge < -0.3 is 15.2 Å². The highest BCUT2D eigenvalue weighted by Crippen LogP contribution is 2.33. The van der Waals surface area contributed by atoms with Crippen molar-refractivity contribution in [2.75, 3.05) is 12.3 Å². The molecule has 0 unspecified atom stereocenters. The Kier molecular flexibility index (Phi) is 3.18. The first kappa shape index (κ1) is 11.3. The van der Waals surface area contributed by atoms with E-state index in [0.717, 1.165) is 5.69 Å². The van der Waals surface area contributed by atoms with Crippen LogP contribution in [0.2, 0.25) is 0 Å². The number of para-hydroxylation sites is 1. The van der Waals surface area contributed by atoms with E-state index in [-0.39, 0.29) is 0 Å². The molecule has 17 heavy (non-hydrogen) atoms. The van der Waals surface area contributed by atoms with Crippen LogP contribution < -0.4 is 15.2 Å². The maximum absolute atomic E-state index is 5.94. The molecule has 3 N–H and O–H groups in total. The monoisotopic (exact) mass is 233 g/mol. The lowest BCUT2D eigenvalue weighted by Gasteiger charge is -2.10. The summed E-state index contributed by atoms with van der Waals surface area (Å²) < 4.78 is 11.0. The average Bonchev–Trinajstić information content (AvgIpc) is 2.70. The molecular formula is C12H15N3O2. The maximum atomic E-state index is 5.94. The van der Waals surface area contributed by atoms with Gasteiger partial charge in [-0.1, -0.05) is 6.07 Å². The number of aryl methyl sites for hydroxylation is 1. The van der Waals surface area contributed by atoms with Gasteiger partial charge in [-0.2, -0.15) is 0 Å². The van der Waals surface area contributed by atoms with Crippen molar-refractivity contribution < 1.29 is 9.47 Å². The predicted molar refractivity (Wildman–Crippen MR) is 65.4 cm³/mol. The van der Waals surface area contributed by atoms with Crippen molar-refractivity contribution in [1.82, 2.24) is 10.2 Å². The lowest BCUT2D eigenvalue weighted by atomic mass is 10.3. The molecule has 0 saturated carbocycles. The number of aromatic nitrogens is 2. The Morgan fingerprint density at radius 3 is 2.76 bits per heavy atom. The molecule has 2 rings (SSSR count). The van der Waals surface area contributed by atoms with Crippen LogP contribution in [-0.4, -0.2) is 16.8 Å². The number of H-pyrrole nitrogens is 1. The second kappa shape index (κ2) is 4.78. The highest BCUT2D eigenvalue weighted by molar-refractivity contribution is 5.63. The Morgan fingerprint density at radius 1 is 1.35 bits per heavy atom.